The third-order valence-electron chi connectivity index (χ3n) is 3.05. The van der Waals surface area contributed by atoms with Gasteiger partial charge in [-0.15, -0.1) is 0 Å². The van der Waals surface area contributed by atoms with Gasteiger partial charge < -0.3 is 19.9 Å². The molecule has 0 spiro atoms. The van der Waals surface area contributed by atoms with E-state index in [4.69, 9.17) is 0 Å². The molecule has 15 heavy (non-hydrogen) atoms. The van der Waals surface area contributed by atoms with Crippen molar-refractivity contribution in [3.8, 4) is 0 Å². The van der Waals surface area contributed by atoms with Crippen molar-refractivity contribution in [2.24, 2.45) is 0 Å². The number of amides is 1. The van der Waals surface area contributed by atoms with Crippen molar-refractivity contribution in [1.82, 2.24) is 4.90 Å². The zero-order valence-corrected chi connectivity index (χ0v) is 9.32. The third kappa shape index (κ3) is 3.70. The summed E-state index contributed by atoms with van der Waals surface area (Å²) in [5.74, 6) is 0. The highest BCUT2D eigenvalue weighted by Gasteiger charge is 2.25. The van der Waals surface area contributed by atoms with Crippen LogP contribution in [0.4, 0.5) is 4.79 Å². The fraction of sp³-hybridized carbons (Fsp3) is 0.909. The number of aliphatic hydroxyl groups is 1. The van der Waals surface area contributed by atoms with Gasteiger partial charge in [0.1, 0.15) is 6.09 Å². The van der Waals surface area contributed by atoms with Gasteiger partial charge in [0, 0.05) is 12.6 Å². The summed E-state index contributed by atoms with van der Waals surface area (Å²) in [5, 5.41) is 20.4. The normalized spacial score (nSPS) is 26.3. The van der Waals surface area contributed by atoms with Crippen LogP contribution in [0.2, 0.25) is 0 Å². The minimum Gasteiger partial charge on any atom is -0.530 e. The molecule has 4 heteroatoms. The van der Waals surface area contributed by atoms with E-state index in [-0.39, 0.29) is 12.1 Å². The maximum atomic E-state index is 10.9. The molecule has 1 aliphatic rings. The van der Waals surface area contributed by atoms with Crippen molar-refractivity contribution in [2.45, 2.75) is 57.6 Å². The number of carboxylic acid groups (broad SMARTS) is 1. The van der Waals surface area contributed by atoms with Crippen LogP contribution in [0.15, 0.2) is 0 Å². The number of unbranched alkanes of at least 4 members (excludes halogenated alkanes) is 1. The number of rotatable bonds is 4. The molecule has 0 radical (unpaired) electrons. The summed E-state index contributed by atoms with van der Waals surface area (Å²) in [4.78, 5) is 12.3. The van der Waals surface area contributed by atoms with Crippen LogP contribution in [0.5, 0.6) is 0 Å². The van der Waals surface area contributed by atoms with Crippen LogP contribution < -0.4 is 5.11 Å². The largest absolute Gasteiger partial charge is 0.530 e. The molecule has 0 aromatic carbocycles. The molecule has 0 aromatic rings. The van der Waals surface area contributed by atoms with Crippen LogP contribution in [0, 0.1) is 0 Å². The molecule has 2 atom stereocenters. The fourth-order valence-electron chi connectivity index (χ4n) is 2.17. The lowest BCUT2D eigenvalue weighted by Gasteiger charge is -2.37. The van der Waals surface area contributed by atoms with E-state index in [9.17, 15) is 15.0 Å². The van der Waals surface area contributed by atoms with E-state index < -0.39 is 6.09 Å². The number of aliphatic hydroxyl groups excluding tert-OH is 1. The molecule has 0 bridgehead atoms. The average molecular weight is 214 g/mol. The minimum absolute atomic E-state index is 0.0368. The Bertz CT molecular complexity index is 208. The summed E-state index contributed by atoms with van der Waals surface area (Å²) in [7, 11) is 0. The molecule has 4 nitrogen and oxygen atoms in total. The van der Waals surface area contributed by atoms with Crippen LogP contribution >= 0.6 is 0 Å². The van der Waals surface area contributed by atoms with E-state index in [1.807, 2.05) is 6.92 Å². The van der Waals surface area contributed by atoms with Gasteiger partial charge in [-0.25, -0.2) is 0 Å². The van der Waals surface area contributed by atoms with Gasteiger partial charge in [0.15, 0.2) is 0 Å². The SMILES string of the molecule is CCCCN(C(=O)[O-])[C@@H]1CCC[C@H](O)C1. The molecule has 0 aliphatic heterocycles. The quantitative estimate of drug-likeness (QED) is 0.750. The summed E-state index contributed by atoms with van der Waals surface area (Å²) < 4.78 is 0. The lowest BCUT2D eigenvalue weighted by molar-refractivity contribution is -0.269. The van der Waals surface area contributed by atoms with Crippen molar-refractivity contribution >= 4 is 6.09 Å². The molecule has 1 saturated carbocycles. The molecule has 88 valence electrons. The van der Waals surface area contributed by atoms with Gasteiger partial charge in [-0.3, -0.25) is 0 Å². The van der Waals surface area contributed by atoms with E-state index in [0.717, 1.165) is 32.1 Å². The summed E-state index contributed by atoms with van der Waals surface area (Å²) in [6, 6.07) is -0.0368. The molecule has 1 aliphatic carbocycles. The zero-order valence-electron chi connectivity index (χ0n) is 9.32. The molecule has 0 aromatic heterocycles. The van der Waals surface area contributed by atoms with Crippen molar-refractivity contribution in [1.29, 1.82) is 0 Å². The summed E-state index contributed by atoms with van der Waals surface area (Å²) in [6.07, 6.45) is 3.52. The van der Waals surface area contributed by atoms with Crippen molar-refractivity contribution in [3.05, 3.63) is 0 Å². The van der Waals surface area contributed by atoms with E-state index in [2.05, 4.69) is 0 Å². The second-order valence-electron chi connectivity index (χ2n) is 4.29. The van der Waals surface area contributed by atoms with Crippen molar-refractivity contribution in [2.75, 3.05) is 6.54 Å². The van der Waals surface area contributed by atoms with E-state index in [1.165, 1.54) is 4.90 Å². The lowest BCUT2D eigenvalue weighted by Crippen LogP contribution is -2.50. The Hall–Kier alpha value is -0.770. The third-order valence-corrected chi connectivity index (χ3v) is 3.05. The predicted octanol–water partition coefficient (Wildman–Crippen LogP) is 0.735. The van der Waals surface area contributed by atoms with Crippen LogP contribution in [-0.4, -0.2) is 34.8 Å². The van der Waals surface area contributed by atoms with Gasteiger partial charge in [-0.1, -0.05) is 13.3 Å². The van der Waals surface area contributed by atoms with Crippen molar-refractivity contribution in [3.63, 3.8) is 0 Å². The molecule has 0 saturated heterocycles. The van der Waals surface area contributed by atoms with E-state index >= 15 is 0 Å². The summed E-state index contributed by atoms with van der Waals surface area (Å²) in [5.41, 5.74) is 0. The average Bonchev–Trinajstić information content (AvgIpc) is 2.18. The number of nitrogens with zero attached hydrogens (tertiary/aromatic N) is 1. The van der Waals surface area contributed by atoms with Crippen LogP contribution in [0.1, 0.15) is 45.4 Å². The van der Waals surface area contributed by atoms with E-state index in [0.29, 0.717) is 13.0 Å². The number of hydrogen-bond acceptors (Lipinski definition) is 3. The van der Waals surface area contributed by atoms with Crippen LogP contribution in [0.3, 0.4) is 0 Å². The molecule has 1 rings (SSSR count). The Kier molecular flexibility index (Phi) is 4.88. The smallest absolute Gasteiger partial charge is 0.137 e. The molecular weight excluding hydrogens is 194 g/mol. The van der Waals surface area contributed by atoms with Gasteiger partial charge in [-0.05, 0) is 32.1 Å². The number of carbonyl (C=O) groups excluding carboxylic acids is 1. The first-order valence-electron chi connectivity index (χ1n) is 5.80. The Morgan fingerprint density at radius 1 is 1.53 bits per heavy atom. The summed E-state index contributed by atoms with van der Waals surface area (Å²) >= 11 is 0. The van der Waals surface area contributed by atoms with Gasteiger partial charge in [0.05, 0.1) is 6.10 Å². The highest BCUT2D eigenvalue weighted by Crippen LogP contribution is 2.23. The highest BCUT2D eigenvalue weighted by molar-refractivity contribution is 5.62. The zero-order chi connectivity index (χ0) is 11.3. The maximum Gasteiger partial charge on any atom is 0.137 e. The van der Waals surface area contributed by atoms with Gasteiger partial charge in [0.25, 0.3) is 0 Å². The van der Waals surface area contributed by atoms with E-state index in [1.54, 1.807) is 0 Å². The molecule has 1 amide bonds. The van der Waals surface area contributed by atoms with Gasteiger partial charge >= 0.3 is 0 Å². The lowest BCUT2D eigenvalue weighted by atomic mass is 9.92. The second-order valence-corrected chi connectivity index (χ2v) is 4.29. The number of carbonyl (C=O) groups is 1. The monoisotopic (exact) mass is 214 g/mol. The first-order valence-corrected chi connectivity index (χ1v) is 5.80. The fourth-order valence-corrected chi connectivity index (χ4v) is 2.17. The Balaban J connectivity index is 2.50. The topological polar surface area (TPSA) is 63.6 Å². The molecule has 1 N–H and O–H groups in total. The first-order chi connectivity index (χ1) is 7.15. The number of hydrogen-bond donors (Lipinski definition) is 1. The van der Waals surface area contributed by atoms with Crippen LogP contribution in [0.25, 0.3) is 0 Å². The predicted molar refractivity (Wildman–Crippen MR) is 55.3 cm³/mol. The van der Waals surface area contributed by atoms with Gasteiger partial charge in [0.2, 0.25) is 0 Å². The highest BCUT2D eigenvalue weighted by atomic mass is 16.4. The summed E-state index contributed by atoms with van der Waals surface area (Å²) in [6.45, 7) is 2.57. The molecule has 0 unspecified atom stereocenters. The Labute approximate surface area is 90.9 Å². The molecule has 0 heterocycles. The minimum atomic E-state index is -1.09. The molecule has 1 fully saturated rings. The van der Waals surface area contributed by atoms with Gasteiger partial charge in [-0.2, -0.15) is 0 Å². The molecular formula is C11H20NO3-. The van der Waals surface area contributed by atoms with Crippen LogP contribution in [-0.2, 0) is 0 Å². The maximum absolute atomic E-state index is 10.9. The first kappa shape index (κ1) is 12.3. The Morgan fingerprint density at radius 3 is 2.80 bits per heavy atom. The standard InChI is InChI=1S/C11H21NO3/c1-2-3-7-12(11(14)15)9-5-4-6-10(13)8-9/h9-10,13H,2-8H2,1H3,(H,14,15)/p-1/t9-,10+/m1/s1. The second kappa shape index (κ2) is 5.95. The Morgan fingerprint density at radius 2 is 2.27 bits per heavy atom. The van der Waals surface area contributed by atoms with Crippen molar-refractivity contribution < 1.29 is 15.0 Å².